The lowest BCUT2D eigenvalue weighted by atomic mass is 9.88. The van der Waals surface area contributed by atoms with Crippen LogP contribution in [0.25, 0.3) is 5.31 Å². The Morgan fingerprint density at radius 2 is 1.94 bits per heavy atom. The Balaban J connectivity index is 2.31. The topological polar surface area (TPSA) is 37.3 Å². The van der Waals surface area contributed by atoms with E-state index in [0.717, 1.165) is 25.7 Å². The normalized spacial score (nSPS) is 18.8. The van der Waals surface area contributed by atoms with E-state index in [1.165, 1.54) is 12.5 Å². The lowest BCUT2D eigenvalue weighted by molar-refractivity contribution is 0.420. The molecule has 0 amide bonds. The van der Waals surface area contributed by atoms with Gasteiger partial charge < -0.3 is 0 Å². The number of rotatable bonds is 3. The summed E-state index contributed by atoms with van der Waals surface area (Å²) < 4.78 is 25.1. The second-order valence-electron chi connectivity index (χ2n) is 4.70. The molecule has 1 aromatic rings. The second kappa shape index (κ2) is 6.21. The van der Waals surface area contributed by atoms with Gasteiger partial charge in [0.2, 0.25) is 5.31 Å². The van der Waals surface area contributed by atoms with Gasteiger partial charge in [-0.15, -0.1) is 0 Å². The van der Waals surface area contributed by atoms with Gasteiger partial charge in [0.15, 0.2) is 0 Å². The molecule has 1 N–H and O–H groups in total. The molecule has 0 saturated heterocycles. The molecule has 1 fully saturated rings. The molecule has 1 atom stereocenters. The Morgan fingerprint density at radius 3 is 2.56 bits per heavy atom. The van der Waals surface area contributed by atoms with Crippen molar-refractivity contribution in [2.45, 2.75) is 32.1 Å². The highest BCUT2D eigenvalue weighted by atomic mass is 31.1. The van der Waals surface area contributed by atoms with Crippen LogP contribution in [0, 0.1) is 11.7 Å². The Morgan fingerprint density at radius 1 is 1.28 bits per heavy atom. The van der Waals surface area contributed by atoms with Crippen molar-refractivity contribution in [3.63, 3.8) is 0 Å². The summed E-state index contributed by atoms with van der Waals surface area (Å²) in [6.07, 6.45) is 7.38. The predicted octanol–water partition coefficient (Wildman–Crippen LogP) is 4.48. The number of hydrogen-bond acceptors (Lipinski definition) is 1. The number of allylic oxidation sites excluding steroid dienone is 1. The molecule has 0 spiro atoms. The van der Waals surface area contributed by atoms with E-state index in [-0.39, 0.29) is 10.9 Å². The smallest absolute Gasteiger partial charge is 0.206 e. The van der Waals surface area contributed by atoms with Gasteiger partial charge in [0.25, 0.3) is 0 Å². The first-order valence-electron chi connectivity index (χ1n) is 6.31. The van der Waals surface area contributed by atoms with Gasteiger partial charge in [0, 0.05) is 0 Å². The van der Waals surface area contributed by atoms with Gasteiger partial charge >= 0.3 is 8.03 Å². The standard InChI is InChI=1S/C14H16FO2P/c15-13-9-5-4-8-12(13)14(18(16)17)10-11-6-2-1-3-7-11/h4-5,8-11H,1-3,6-7H2/p+1/b14-10-. The minimum atomic E-state index is -2.51. The first-order valence-corrected chi connectivity index (χ1v) is 7.52. The molecule has 0 bridgehead atoms. The number of hydrogen-bond donors (Lipinski definition) is 1. The Hall–Kier alpha value is -1.05. The molecule has 96 valence electrons. The Labute approximate surface area is 107 Å². The molecule has 0 heterocycles. The SMILES string of the molecule is O=[P+](O)/C(=C\C1CCCCC1)c1ccccc1F. The van der Waals surface area contributed by atoms with Crippen LogP contribution in [0.3, 0.4) is 0 Å². The second-order valence-corrected chi connectivity index (χ2v) is 5.73. The van der Waals surface area contributed by atoms with E-state index < -0.39 is 13.8 Å². The van der Waals surface area contributed by atoms with Crippen molar-refractivity contribution in [3.05, 3.63) is 41.7 Å². The molecular formula is C14H17FO2P+. The summed E-state index contributed by atoms with van der Waals surface area (Å²) >= 11 is 0. The first kappa shape index (κ1) is 13.4. The van der Waals surface area contributed by atoms with E-state index in [4.69, 9.17) is 0 Å². The van der Waals surface area contributed by atoms with E-state index in [2.05, 4.69) is 0 Å². The van der Waals surface area contributed by atoms with E-state index in [0.29, 0.717) is 5.92 Å². The molecule has 18 heavy (non-hydrogen) atoms. The zero-order valence-electron chi connectivity index (χ0n) is 10.2. The van der Waals surface area contributed by atoms with Crippen LogP contribution in [0.15, 0.2) is 30.3 Å². The summed E-state index contributed by atoms with van der Waals surface area (Å²) in [5, 5.41) is 0.245. The highest BCUT2D eigenvalue weighted by Gasteiger charge is 2.27. The molecule has 0 aliphatic heterocycles. The molecule has 0 aromatic heterocycles. The molecule has 1 saturated carbocycles. The van der Waals surface area contributed by atoms with Crippen LogP contribution in [0.1, 0.15) is 37.7 Å². The van der Waals surface area contributed by atoms with Crippen LogP contribution in [-0.2, 0) is 4.57 Å². The van der Waals surface area contributed by atoms with Crippen LogP contribution in [0.2, 0.25) is 0 Å². The van der Waals surface area contributed by atoms with Crippen LogP contribution in [0.4, 0.5) is 4.39 Å². The van der Waals surface area contributed by atoms with Gasteiger partial charge in [-0.25, -0.2) is 4.39 Å². The third-order valence-electron chi connectivity index (χ3n) is 3.40. The Kier molecular flexibility index (Phi) is 4.62. The predicted molar refractivity (Wildman–Crippen MR) is 70.8 cm³/mol. The lowest BCUT2D eigenvalue weighted by Gasteiger charge is -2.17. The molecule has 2 nitrogen and oxygen atoms in total. The van der Waals surface area contributed by atoms with E-state index in [9.17, 15) is 13.8 Å². The summed E-state index contributed by atoms with van der Waals surface area (Å²) in [6.45, 7) is 0. The minimum Gasteiger partial charge on any atom is -0.206 e. The Bertz CT molecular complexity index is 465. The van der Waals surface area contributed by atoms with Crippen LogP contribution in [-0.4, -0.2) is 4.89 Å². The van der Waals surface area contributed by atoms with Gasteiger partial charge in [-0.1, -0.05) is 31.4 Å². The maximum atomic E-state index is 13.7. The van der Waals surface area contributed by atoms with Crippen molar-refractivity contribution in [1.29, 1.82) is 0 Å². The molecule has 1 unspecified atom stereocenters. The van der Waals surface area contributed by atoms with E-state index in [1.54, 1.807) is 24.3 Å². The monoisotopic (exact) mass is 267 g/mol. The third-order valence-corrected chi connectivity index (χ3v) is 4.20. The number of benzene rings is 1. The maximum Gasteiger partial charge on any atom is 0.546 e. The van der Waals surface area contributed by atoms with Crippen LogP contribution >= 0.6 is 8.03 Å². The van der Waals surface area contributed by atoms with Crippen LogP contribution in [0.5, 0.6) is 0 Å². The molecule has 1 aliphatic rings. The van der Waals surface area contributed by atoms with Crippen LogP contribution < -0.4 is 0 Å². The summed E-state index contributed by atoms with van der Waals surface area (Å²) in [7, 11) is -2.51. The average Bonchev–Trinajstić information content (AvgIpc) is 2.38. The fraction of sp³-hybridized carbons (Fsp3) is 0.429. The molecule has 0 radical (unpaired) electrons. The van der Waals surface area contributed by atoms with Crippen molar-refractivity contribution >= 4 is 13.3 Å². The number of halogens is 1. The summed E-state index contributed by atoms with van der Waals surface area (Å²) in [4.78, 5) is 9.39. The summed E-state index contributed by atoms with van der Waals surface area (Å²) in [5.74, 6) is -0.128. The lowest BCUT2D eigenvalue weighted by Crippen LogP contribution is -2.03. The van der Waals surface area contributed by atoms with E-state index >= 15 is 0 Å². The molecule has 2 rings (SSSR count). The summed E-state index contributed by atoms with van der Waals surface area (Å²) in [5.41, 5.74) is 0.256. The van der Waals surface area contributed by atoms with Crippen molar-refractivity contribution < 1.29 is 13.8 Å². The van der Waals surface area contributed by atoms with E-state index in [1.807, 2.05) is 0 Å². The fourth-order valence-corrected chi connectivity index (χ4v) is 3.18. The van der Waals surface area contributed by atoms with Gasteiger partial charge in [0.05, 0.1) is 5.56 Å². The molecule has 1 aliphatic carbocycles. The quantitative estimate of drug-likeness (QED) is 0.820. The van der Waals surface area contributed by atoms with Gasteiger partial charge in [-0.3, -0.25) is 0 Å². The highest BCUT2D eigenvalue weighted by molar-refractivity contribution is 7.50. The van der Waals surface area contributed by atoms with Crippen molar-refractivity contribution in [2.24, 2.45) is 5.92 Å². The van der Waals surface area contributed by atoms with Crippen molar-refractivity contribution in [3.8, 4) is 0 Å². The molecule has 4 heteroatoms. The van der Waals surface area contributed by atoms with Crippen molar-refractivity contribution in [2.75, 3.05) is 0 Å². The zero-order valence-corrected chi connectivity index (χ0v) is 11.1. The molecular weight excluding hydrogens is 250 g/mol. The third kappa shape index (κ3) is 3.24. The maximum absolute atomic E-state index is 13.7. The average molecular weight is 267 g/mol. The summed E-state index contributed by atoms with van der Waals surface area (Å²) in [6, 6.07) is 6.16. The largest absolute Gasteiger partial charge is 0.546 e. The van der Waals surface area contributed by atoms with Gasteiger partial charge in [-0.05, 0) is 41.5 Å². The van der Waals surface area contributed by atoms with Crippen molar-refractivity contribution in [1.82, 2.24) is 0 Å². The van der Waals surface area contributed by atoms with Gasteiger partial charge in [0.1, 0.15) is 5.82 Å². The highest BCUT2D eigenvalue weighted by Crippen LogP contribution is 2.40. The minimum absolute atomic E-state index is 0.245. The van der Waals surface area contributed by atoms with Gasteiger partial charge in [-0.2, -0.15) is 4.89 Å². The molecule has 1 aromatic carbocycles. The fourth-order valence-electron chi connectivity index (χ4n) is 2.45. The first-order chi connectivity index (χ1) is 8.68. The zero-order chi connectivity index (χ0) is 13.0.